The van der Waals surface area contributed by atoms with Crippen LogP contribution >= 0.6 is 0 Å². The first-order valence-corrected chi connectivity index (χ1v) is 8.15. The third-order valence-corrected chi connectivity index (χ3v) is 4.95. The van der Waals surface area contributed by atoms with Crippen LogP contribution in [0.5, 0.6) is 0 Å². The molecule has 0 radical (unpaired) electrons. The number of carbonyl (C=O) groups is 1. The predicted molar refractivity (Wildman–Crippen MR) is 90.4 cm³/mol. The van der Waals surface area contributed by atoms with Crippen LogP contribution in [0.4, 0.5) is 4.79 Å². The highest BCUT2D eigenvalue weighted by Crippen LogP contribution is 2.45. The second-order valence-electron chi connectivity index (χ2n) is 6.63. The molecule has 1 saturated heterocycles. The Morgan fingerprint density at radius 3 is 2.29 bits per heavy atom. The zero-order valence-electron chi connectivity index (χ0n) is 13.3. The number of carbonyl (C=O) groups excluding carboxylic acids is 1. The molecule has 5 nitrogen and oxygen atoms in total. The number of aliphatic hydroxyl groups is 1. The molecule has 0 bridgehead atoms. The highest BCUT2D eigenvalue weighted by Gasteiger charge is 2.39. The summed E-state index contributed by atoms with van der Waals surface area (Å²) in [5.41, 5.74) is 9.56. The SMILES string of the molecule is NC1(CO)CCN(C(=O)OC2c3ccccc3-c3ccccc32)C1. The highest BCUT2D eigenvalue weighted by atomic mass is 16.6. The predicted octanol–water partition coefficient (Wildman–Crippen LogP) is 2.29. The van der Waals surface area contributed by atoms with Gasteiger partial charge in [0.1, 0.15) is 0 Å². The fraction of sp³-hybridized carbons (Fsp3) is 0.316. The Bertz CT molecular complexity index is 746. The quantitative estimate of drug-likeness (QED) is 0.889. The summed E-state index contributed by atoms with van der Waals surface area (Å²) in [6, 6.07) is 16.0. The van der Waals surface area contributed by atoms with Crippen molar-refractivity contribution < 1.29 is 14.6 Å². The van der Waals surface area contributed by atoms with Crippen LogP contribution < -0.4 is 5.73 Å². The minimum Gasteiger partial charge on any atom is -0.436 e. The van der Waals surface area contributed by atoms with Gasteiger partial charge in [-0.2, -0.15) is 0 Å². The van der Waals surface area contributed by atoms with E-state index in [-0.39, 0.29) is 12.7 Å². The van der Waals surface area contributed by atoms with Crippen LogP contribution in [0.1, 0.15) is 23.7 Å². The first-order chi connectivity index (χ1) is 11.6. The van der Waals surface area contributed by atoms with Gasteiger partial charge in [0, 0.05) is 24.2 Å². The molecule has 1 atom stereocenters. The summed E-state index contributed by atoms with van der Waals surface area (Å²) in [7, 11) is 0. The molecule has 2 aromatic rings. The summed E-state index contributed by atoms with van der Waals surface area (Å²) in [4.78, 5) is 14.2. The molecule has 24 heavy (non-hydrogen) atoms. The van der Waals surface area contributed by atoms with Crippen LogP contribution in [0.15, 0.2) is 48.5 Å². The van der Waals surface area contributed by atoms with Crippen molar-refractivity contribution in [2.75, 3.05) is 19.7 Å². The van der Waals surface area contributed by atoms with Gasteiger partial charge in [-0.25, -0.2) is 4.79 Å². The lowest BCUT2D eigenvalue weighted by Gasteiger charge is -2.23. The van der Waals surface area contributed by atoms with E-state index in [1.165, 1.54) is 0 Å². The van der Waals surface area contributed by atoms with Gasteiger partial charge in [0.2, 0.25) is 0 Å². The summed E-state index contributed by atoms with van der Waals surface area (Å²) < 4.78 is 5.84. The molecule has 2 aromatic carbocycles. The topological polar surface area (TPSA) is 75.8 Å². The lowest BCUT2D eigenvalue weighted by atomic mass is 10.0. The number of likely N-dealkylation sites (tertiary alicyclic amines) is 1. The average Bonchev–Trinajstić information content (AvgIpc) is 3.16. The number of rotatable bonds is 2. The number of aliphatic hydroxyl groups excluding tert-OH is 1. The van der Waals surface area contributed by atoms with Crippen LogP contribution in [0, 0.1) is 0 Å². The molecule has 0 aromatic heterocycles. The number of fused-ring (bicyclic) bond motifs is 3. The number of nitrogens with two attached hydrogens (primary N) is 1. The molecule has 1 aliphatic heterocycles. The van der Waals surface area contributed by atoms with Crippen LogP contribution in [0.2, 0.25) is 0 Å². The van der Waals surface area contributed by atoms with Gasteiger partial charge >= 0.3 is 6.09 Å². The average molecular weight is 324 g/mol. The normalized spacial score (nSPS) is 22.3. The molecule has 0 spiro atoms. The Hall–Kier alpha value is -2.37. The smallest absolute Gasteiger partial charge is 0.410 e. The molecule has 1 fully saturated rings. The first kappa shape index (κ1) is 15.2. The standard InChI is InChI=1S/C19H20N2O3/c20-19(12-22)9-10-21(11-19)18(23)24-17-15-7-3-1-5-13(15)14-6-2-4-8-16(14)17/h1-8,17,22H,9-12,20H2. The van der Waals surface area contributed by atoms with Gasteiger partial charge in [-0.3, -0.25) is 0 Å². The van der Waals surface area contributed by atoms with E-state index in [1.807, 2.05) is 36.4 Å². The van der Waals surface area contributed by atoms with E-state index in [2.05, 4.69) is 12.1 Å². The molecule has 2 aliphatic rings. The number of hydrogen-bond donors (Lipinski definition) is 2. The van der Waals surface area contributed by atoms with Gasteiger partial charge in [0.05, 0.1) is 12.1 Å². The van der Waals surface area contributed by atoms with E-state index in [4.69, 9.17) is 10.5 Å². The largest absolute Gasteiger partial charge is 0.436 e. The van der Waals surface area contributed by atoms with Gasteiger partial charge in [-0.15, -0.1) is 0 Å². The molecule has 5 heteroatoms. The van der Waals surface area contributed by atoms with Crippen molar-refractivity contribution >= 4 is 6.09 Å². The fourth-order valence-corrected chi connectivity index (χ4v) is 3.59. The molecule has 124 valence electrons. The van der Waals surface area contributed by atoms with E-state index >= 15 is 0 Å². The maximum absolute atomic E-state index is 12.6. The second kappa shape index (κ2) is 5.61. The van der Waals surface area contributed by atoms with E-state index in [0.29, 0.717) is 19.5 Å². The Morgan fingerprint density at radius 1 is 1.17 bits per heavy atom. The number of nitrogens with zero attached hydrogens (tertiary/aromatic N) is 1. The van der Waals surface area contributed by atoms with Crippen molar-refractivity contribution in [1.29, 1.82) is 0 Å². The lowest BCUT2D eigenvalue weighted by molar-refractivity contribution is 0.0823. The highest BCUT2D eigenvalue weighted by molar-refractivity contribution is 5.79. The van der Waals surface area contributed by atoms with Crippen LogP contribution in [-0.4, -0.2) is 41.3 Å². The maximum atomic E-state index is 12.6. The Balaban J connectivity index is 1.60. The van der Waals surface area contributed by atoms with E-state index in [1.54, 1.807) is 4.90 Å². The summed E-state index contributed by atoms with van der Waals surface area (Å²) in [6.45, 7) is 0.691. The van der Waals surface area contributed by atoms with Crippen molar-refractivity contribution in [3.05, 3.63) is 59.7 Å². The third-order valence-electron chi connectivity index (χ3n) is 4.95. The Morgan fingerprint density at radius 2 is 1.75 bits per heavy atom. The summed E-state index contributed by atoms with van der Waals surface area (Å²) in [5.74, 6) is 0. The second-order valence-corrected chi connectivity index (χ2v) is 6.63. The van der Waals surface area contributed by atoms with Crippen molar-refractivity contribution in [2.24, 2.45) is 5.73 Å². The molecular weight excluding hydrogens is 304 g/mol. The van der Waals surface area contributed by atoms with Crippen molar-refractivity contribution in [3.8, 4) is 11.1 Å². The van der Waals surface area contributed by atoms with Gasteiger partial charge in [0.25, 0.3) is 0 Å². The lowest BCUT2D eigenvalue weighted by Crippen LogP contribution is -2.47. The molecule has 1 heterocycles. The minimum absolute atomic E-state index is 0.133. The summed E-state index contributed by atoms with van der Waals surface area (Å²) in [5, 5.41) is 9.37. The summed E-state index contributed by atoms with van der Waals surface area (Å²) in [6.07, 6.45) is -0.199. The number of benzene rings is 2. The molecule has 3 N–H and O–H groups in total. The Labute approximate surface area is 140 Å². The van der Waals surface area contributed by atoms with Crippen LogP contribution in [0.3, 0.4) is 0 Å². The van der Waals surface area contributed by atoms with Gasteiger partial charge < -0.3 is 20.5 Å². The van der Waals surface area contributed by atoms with Gasteiger partial charge in [-0.05, 0) is 17.5 Å². The monoisotopic (exact) mass is 324 g/mol. The minimum atomic E-state index is -0.718. The maximum Gasteiger partial charge on any atom is 0.410 e. The van der Waals surface area contributed by atoms with E-state index < -0.39 is 11.6 Å². The first-order valence-electron chi connectivity index (χ1n) is 8.15. The van der Waals surface area contributed by atoms with Crippen LogP contribution in [0.25, 0.3) is 11.1 Å². The number of hydrogen-bond acceptors (Lipinski definition) is 4. The summed E-state index contributed by atoms with van der Waals surface area (Å²) >= 11 is 0. The van der Waals surface area contributed by atoms with Gasteiger partial charge in [-0.1, -0.05) is 48.5 Å². The Kier molecular flexibility index (Phi) is 3.55. The van der Waals surface area contributed by atoms with Crippen molar-refractivity contribution in [3.63, 3.8) is 0 Å². The molecular formula is C19H20N2O3. The van der Waals surface area contributed by atoms with Crippen LogP contribution in [-0.2, 0) is 4.74 Å². The molecule has 0 saturated carbocycles. The van der Waals surface area contributed by atoms with Crippen molar-refractivity contribution in [2.45, 2.75) is 18.1 Å². The van der Waals surface area contributed by atoms with Crippen molar-refractivity contribution in [1.82, 2.24) is 4.90 Å². The number of ether oxygens (including phenoxy) is 1. The fourth-order valence-electron chi connectivity index (χ4n) is 3.59. The van der Waals surface area contributed by atoms with Gasteiger partial charge in [0.15, 0.2) is 6.10 Å². The number of amides is 1. The van der Waals surface area contributed by atoms with E-state index in [9.17, 15) is 9.90 Å². The molecule has 1 unspecified atom stereocenters. The molecule has 1 aliphatic carbocycles. The molecule has 4 rings (SSSR count). The van der Waals surface area contributed by atoms with E-state index in [0.717, 1.165) is 22.3 Å². The third kappa shape index (κ3) is 2.37. The molecule has 1 amide bonds. The zero-order valence-corrected chi connectivity index (χ0v) is 13.3. The zero-order chi connectivity index (χ0) is 16.7.